The first-order valence-corrected chi connectivity index (χ1v) is 6.33. The van der Waals surface area contributed by atoms with E-state index in [-0.39, 0.29) is 17.3 Å². The summed E-state index contributed by atoms with van der Waals surface area (Å²) in [6, 6.07) is 0. The number of carboxylic acids is 1. The molecule has 1 aromatic rings. The van der Waals surface area contributed by atoms with Gasteiger partial charge in [0.25, 0.3) is 0 Å². The molecule has 1 heterocycles. The van der Waals surface area contributed by atoms with Gasteiger partial charge in [-0.3, -0.25) is 4.79 Å². The second-order valence-electron chi connectivity index (χ2n) is 6.01. The van der Waals surface area contributed by atoms with Crippen molar-refractivity contribution in [3.63, 3.8) is 0 Å². The molecule has 18 heavy (non-hydrogen) atoms. The zero-order valence-corrected chi connectivity index (χ0v) is 11.1. The monoisotopic (exact) mass is 252 g/mol. The number of carboxylic acid groups (broad SMARTS) is 1. The first-order valence-electron chi connectivity index (χ1n) is 6.33. The Kier molecular flexibility index (Phi) is 3.36. The van der Waals surface area contributed by atoms with E-state index in [1.807, 2.05) is 0 Å². The van der Waals surface area contributed by atoms with E-state index in [1.54, 1.807) is 7.05 Å². The maximum absolute atomic E-state index is 11.3. The van der Waals surface area contributed by atoms with Crippen molar-refractivity contribution in [1.82, 2.24) is 20.2 Å². The van der Waals surface area contributed by atoms with Crippen LogP contribution in [0.3, 0.4) is 0 Å². The summed E-state index contributed by atoms with van der Waals surface area (Å²) in [4.78, 5) is 12.7. The summed E-state index contributed by atoms with van der Waals surface area (Å²) in [5.41, 5.74) is 0.207. The second kappa shape index (κ2) is 4.66. The lowest BCUT2D eigenvalue weighted by molar-refractivity contribution is -0.146. The smallest absolute Gasteiger partial charge is 0.306 e. The number of aryl methyl sites for hydroxylation is 1. The molecule has 2 rings (SSSR count). The van der Waals surface area contributed by atoms with Crippen LogP contribution in [0.2, 0.25) is 0 Å². The largest absolute Gasteiger partial charge is 0.481 e. The fourth-order valence-corrected chi connectivity index (χ4v) is 2.92. The summed E-state index contributed by atoms with van der Waals surface area (Å²) in [5.74, 6) is -0.219. The number of aromatic nitrogens is 4. The lowest BCUT2D eigenvalue weighted by atomic mass is 9.66. The predicted molar refractivity (Wildman–Crippen MR) is 64.7 cm³/mol. The first kappa shape index (κ1) is 13.0. The molecule has 100 valence electrons. The number of nitrogens with zero attached hydrogens (tertiary/aromatic N) is 4. The Morgan fingerprint density at radius 2 is 2.28 bits per heavy atom. The third-order valence-electron chi connectivity index (χ3n) is 3.83. The lowest BCUT2D eigenvalue weighted by Crippen LogP contribution is -2.35. The Balaban J connectivity index is 2.12. The topological polar surface area (TPSA) is 80.9 Å². The highest BCUT2D eigenvalue weighted by Gasteiger charge is 2.39. The Labute approximate surface area is 106 Å². The fourth-order valence-electron chi connectivity index (χ4n) is 2.92. The van der Waals surface area contributed by atoms with Gasteiger partial charge >= 0.3 is 5.97 Å². The first-order chi connectivity index (χ1) is 8.37. The van der Waals surface area contributed by atoms with Gasteiger partial charge in [-0.05, 0) is 35.8 Å². The predicted octanol–water partition coefficient (Wildman–Crippen LogP) is 1.28. The molecule has 0 saturated heterocycles. The molecule has 6 nitrogen and oxygen atoms in total. The minimum Gasteiger partial charge on any atom is -0.481 e. The number of carbonyl (C=O) groups is 1. The van der Waals surface area contributed by atoms with Gasteiger partial charge in [0.1, 0.15) is 0 Å². The average molecular weight is 252 g/mol. The summed E-state index contributed by atoms with van der Waals surface area (Å²) < 4.78 is 0. The number of aliphatic carboxylic acids is 1. The van der Waals surface area contributed by atoms with Crippen LogP contribution in [-0.2, 0) is 18.3 Å². The van der Waals surface area contributed by atoms with Crippen molar-refractivity contribution >= 4 is 5.97 Å². The van der Waals surface area contributed by atoms with E-state index in [0.717, 1.165) is 19.3 Å². The number of tetrazole rings is 1. The van der Waals surface area contributed by atoms with Gasteiger partial charge in [0.2, 0.25) is 0 Å². The molecule has 0 aromatic carbocycles. The highest BCUT2D eigenvalue weighted by Crippen LogP contribution is 2.42. The highest BCUT2D eigenvalue weighted by atomic mass is 16.4. The Bertz CT molecular complexity index is 441. The zero-order chi connectivity index (χ0) is 13.3. The van der Waals surface area contributed by atoms with Crippen LogP contribution >= 0.6 is 0 Å². The number of hydrogen-bond donors (Lipinski definition) is 1. The van der Waals surface area contributed by atoms with Crippen LogP contribution in [0.1, 0.15) is 38.9 Å². The maximum Gasteiger partial charge on any atom is 0.306 e. The van der Waals surface area contributed by atoms with Crippen LogP contribution in [0.4, 0.5) is 0 Å². The summed E-state index contributed by atoms with van der Waals surface area (Å²) in [6.45, 7) is 4.39. The van der Waals surface area contributed by atoms with Gasteiger partial charge in [-0.2, -0.15) is 4.80 Å². The Morgan fingerprint density at radius 3 is 2.83 bits per heavy atom. The van der Waals surface area contributed by atoms with Crippen LogP contribution in [0.25, 0.3) is 0 Å². The van der Waals surface area contributed by atoms with Crippen molar-refractivity contribution in [1.29, 1.82) is 0 Å². The molecule has 0 aliphatic heterocycles. The van der Waals surface area contributed by atoms with E-state index in [2.05, 4.69) is 29.3 Å². The van der Waals surface area contributed by atoms with Gasteiger partial charge in [-0.25, -0.2) is 0 Å². The summed E-state index contributed by atoms with van der Waals surface area (Å²) in [5, 5.41) is 21.2. The quantitative estimate of drug-likeness (QED) is 0.876. The van der Waals surface area contributed by atoms with Gasteiger partial charge in [0.05, 0.1) is 13.0 Å². The zero-order valence-electron chi connectivity index (χ0n) is 11.1. The van der Waals surface area contributed by atoms with E-state index in [4.69, 9.17) is 0 Å². The van der Waals surface area contributed by atoms with Gasteiger partial charge < -0.3 is 5.11 Å². The van der Waals surface area contributed by atoms with Gasteiger partial charge in [-0.1, -0.05) is 13.8 Å². The third kappa shape index (κ3) is 2.86. The summed E-state index contributed by atoms with van der Waals surface area (Å²) >= 11 is 0. The molecule has 1 N–H and O–H groups in total. The molecule has 1 aliphatic rings. The SMILES string of the molecule is Cn1nnc(CC2CC(C)(C)CCC2C(=O)O)n1. The average Bonchev–Trinajstić information content (AvgIpc) is 2.62. The number of hydrogen-bond acceptors (Lipinski definition) is 4. The van der Waals surface area contributed by atoms with Gasteiger partial charge in [-0.15, -0.1) is 10.2 Å². The molecule has 1 aromatic heterocycles. The van der Waals surface area contributed by atoms with E-state index < -0.39 is 5.97 Å². The molecule has 1 fully saturated rings. The second-order valence-corrected chi connectivity index (χ2v) is 6.01. The standard InChI is InChI=1S/C12H20N4O2/c1-12(2)5-4-9(11(17)18)8(7-12)6-10-13-15-16(3)14-10/h8-9H,4-7H2,1-3H3,(H,17,18). The van der Waals surface area contributed by atoms with Crippen LogP contribution in [0.15, 0.2) is 0 Å². The molecule has 2 atom stereocenters. The van der Waals surface area contributed by atoms with E-state index in [1.165, 1.54) is 4.80 Å². The molecule has 2 unspecified atom stereocenters. The van der Waals surface area contributed by atoms with Crippen LogP contribution in [0, 0.1) is 17.3 Å². The molecule has 0 radical (unpaired) electrons. The van der Waals surface area contributed by atoms with Crippen molar-refractivity contribution < 1.29 is 9.90 Å². The van der Waals surface area contributed by atoms with E-state index in [0.29, 0.717) is 12.2 Å². The van der Waals surface area contributed by atoms with Gasteiger partial charge in [0, 0.05) is 6.42 Å². The highest BCUT2D eigenvalue weighted by molar-refractivity contribution is 5.70. The van der Waals surface area contributed by atoms with Crippen LogP contribution in [-0.4, -0.2) is 31.3 Å². The van der Waals surface area contributed by atoms with Gasteiger partial charge in [0.15, 0.2) is 5.82 Å². The molecule has 1 aliphatic carbocycles. The normalized spacial score (nSPS) is 27.1. The molecular formula is C12H20N4O2. The van der Waals surface area contributed by atoms with E-state index >= 15 is 0 Å². The molecule has 0 amide bonds. The van der Waals surface area contributed by atoms with E-state index in [9.17, 15) is 9.90 Å². The molecule has 6 heteroatoms. The van der Waals surface area contributed by atoms with Crippen molar-refractivity contribution in [2.45, 2.75) is 39.5 Å². The molecule has 0 bridgehead atoms. The Morgan fingerprint density at radius 1 is 1.56 bits per heavy atom. The third-order valence-corrected chi connectivity index (χ3v) is 3.83. The minimum atomic E-state index is -0.695. The molecule has 1 saturated carbocycles. The molecular weight excluding hydrogens is 232 g/mol. The number of rotatable bonds is 3. The maximum atomic E-state index is 11.3. The lowest BCUT2D eigenvalue weighted by Gasteiger charge is -2.38. The van der Waals surface area contributed by atoms with Crippen molar-refractivity contribution in [2.24, 2.45) is 24.3 Å². The van der Waals surface area contributed by atoms with Crippen molar-refractivity contribution in [3.05, 3.63) is 5.82 Å². The van der Waals surface area contributed by atoms with Crippen molar-refractivity contribution in [3.8, 4) is 0 Å². The van der Waals surface area contributed by atoms with Crippen LogP contribution in [0.5, 0.6) is 0 Å². The van der Waals surface area contributed by atoms with Crippen molar-refractivity contribution in [2.75, 3.05) is 0 Å². The Hall–Kier alpha value is -1.46. The van der Waals surface area contributed by atoms with Crippen LogP contribution < -0.4 is 0 Å². The summed E-state index contributed by atoms with van der Waals surface area (Å²) in [7, 11) is 1.72. The fraction of sp³-hybridized carbons (Fsp3) is 0.833. The molecule has 0 spiro atoms. The minimum absolute atomic E-state index is 0.107. The summed E-state index contributed by atoms with van der Waals surface area (Å²) in [6.07, 6.45) is 3.22.